The highest BCUT2D eigenvalue weighted by atomic mass is 19.3. The van der Waals surface area contributed by atoms with Crippen molar-refractivity contribution in [3.8, 4) is 0 Å². The van der Waals surface area contributed by atoms with Gasteiger partial charge in [-0.1, -0.05) is 0 Å². The average Bonchev–Trinajstić information content (AvgIpc) is 2.33. The highest BCUT2D eigenvalue weighted by Crippen LogP contribution is 2.18. The number of nitrogen functional groups attached to an aromatic ring is 1. The Morgan fingerprint density at radius 1 is 1.62 bits per heavy atom. The van der Waals surface area contributed by atoms with Crippen LogP contribution in [0.5, 0.6) is 0 Å². The molecular weight excluding hydrogens is 176 g/mol. The van der Waals surface area contributed by atoms with Crippen LogP contribution in [0.4, 0.5) is 14.6 Å². The Kier molecular flexibility index (Phi) is 2.85. The third kappa shape index (κ3) is 3.87. The van der Waals surface area contributed by atoms with E-state index in [1.54, 1.807) is 16.9 Å². The summed E-state index contributed by atoms with van der Waals surface area (Å²) in [5, 5.41) is 3.88. The molecule has 0 radical (unpaired) electrons. The van der Waals surface area contributed by atoms with Gasteiger partial charge in [0.1, 0.15) is 5.82 Å². The van der Waals surface area contributed by atoms with Crippen LogP contribution in [0.2, 0.25) is 0 Å². The molecule has 0 aliphatic carbocycles. The van der Waals surface area contributed by atoms with Crippen LogP contribution in [0.15, 0.2) is 12.3 Å². The number of halogens is 2. The molecule has 74 valence electrons. The van der Waals surface area contributed by atoms with Crippen molar-refractivity contribution in [2.45, 2.75) is 32.2 Å². The molecule has 5 heteroatoms. The molecule has 0 saturated carbocycles. The second kappa shape index (κ2) is 3.72. The summed E-state index contributed by atoms with van der Waals surface area (Å²) < 4.78 is 26.3. The number of alkyl halides is 2. The molecule has 0 amide bonds. The van der Waals surface area contributed by atoms with Gasteiger partial charge in [-0.3, -0.25) is 4.68 Å². The second-order valence-corrected chi connectivity index (χ2v) is 3.18. The number of nitrogens with two attached hydrogens (primary N) is 1. The summed E-state index contributed by atoms with van der Waals surface area (Å²) in [6, 6.07) is 1.64. The van der Waals surface area contributed by atoms with Crippen molar-refractivity contribution < 1.29 is 8.78 Å². The summed E-state index contributed by atoms with van der Waals surface area (Å²) in [5.74, 6) is -2.16. The Hall–Kier alpha value is -1.13. The van der Waals surface area contributed by atoms with E-state index < -0.39 is 5.92 Å². The first-order chi connectivity index (χ1) is 5.97. The minimum Gasteiger partial charge on any atom is -0.382 e. The highest BCUT2D eigenvalue weighted by molar-refractivity contribution is 5.23. The summed E-state index contributed by atoms with van der Waals surface area (Å²) in [4.78, 5) is 0. The van der Waals surface area contributed by atoms with Crippen LogP contribution in [-0.2, 0) is 6.54 Å². The molecule has 0 aliphatic heterocycles. The fourth-order valence-corrected chi connectivity index (χ4v) is 1.05. The Labute approximate surface area is 75.5 Å². The molecule has 0 unspecified atom stereocenters. The highest BCUT2D eigenvalue weighted by Gasteiger charge is 2.19. The van der Waals surface area contributed by atoms with Crippen molar-refractivity contribution in [2.24, 2.45) is 0 Å². The van der Waals surface area contributed by atoms with Gasteiger partial charge in [-0.15, -0.1) is 0 Å². The first kappa shape index (κ1) is 9.95. The van der Waals surface area contributed by atoms with E-state index in [4.69, 9.17) is 5.73 Å². The topological polar surface area (TPSA) is 43.8 Å². The lowest BCUT2D eigenvalue weighted by molar-refractivity contribution is 0.00972. The number of rotatable bonds is 4. The molecule has 0 atom stereocenters. The summed E-state index contributed by atoms with van der Waals surface area (Å²) in [6.07, 6.45) is 1.97. The maximum absolute atomic E-state index is 12.4. The number of aromatic nitrogens is 2. The number of aryl methyl sites for hydroxylation is 1. The fourth-order valence-electron chi connectivity index (χ4n) is 1.05. The Morgan fingerprint density at radius 2 is 2.31 bits per heavy atom. The minimum absolute atomic E-state index is 0.118. The van der Waals surface area contributed by atoms with Crippen LogP contribution in [0.25, 0.3) is 0 Å². The van der Waals surface area contributed by atoms with Gasteiger partial charge in [-0.25, -0.2) is 8.78 Å². The third-order valence-electron chi connectivity index (χ3n) is 1.66. The number of anilines is 1. The summed E-state index contributed by atoms with van der Waals surface area (Å²) in [6.45, 7) is 1.41. The maximum Gasteiger partial charge on any atom is 0.245 e. The molecule has 0 saturated heterocycles. The Morgan fingerprint density at radius 3 is 2.77 bits per heavy atom. The fraction of sp³-hybridized carbons (Fsp3) is 0.625. The van der Waals surface area contributed by atoms with Gasteiger partial charge in [-0.05, 0) is 19.4 Å². The van der Waals surface area contributed by atoms with Gasteiger partial charge in [0.05, 0.1) is 0 Å². The number of hydrogen-bond acceptors (Lipinski definition) is 2. The van der Waals surface area contributed by atoms with E-state index >= 15 is 0 Å². The molecule has 2 N–H and O–H groups in total. The van der Waals surface area contributed by atoms with Crippen molar-refractivity contribution in [1.82, 2.24) is 9.78 Å². The molecule has 0 spiro atoms. The van der Waals surface area contributed by atoms with E-state index in [1.807, 2.05) is 0 Å². The quantitative estimate of drug-likeness (QED) is 0.786. The van der Waals surface area contributed by atoms with Crippen molar-refractivity contribution in [3.05, 3.63) is 12.3 Å². The molecular formula is C8H13F2N3. The van der Waals surface area contributed by atoms with E-state index in [2.05, 4.69) is 5.10 Å². The SMILES string of the molecule is CC(F)(F)CCCn1ccc(N)n1. The van der Waals surface area contributed by atoms with Crippen LogP contribution < -0.4 is 5.73 Å². The zero-order chi connectivity index (χ0) is 9.90. The first-order valence-electron chi connectivity index (χ1n) is 4.14. The number of hydrogen-bond donors (Lipinski definition) is 1. The molecule has 1 aromatic rings. The van der Waals surface area contributed by atoms with E-state index in [0.717, 1.165) is 6.92 Å². The van der Waals surface area contributed by atoms with Gasteiger partial charge in [0.25, 0.3) is 0 Å². The molecule has 1 heterocycles. The summed E-state index contributed by atoms with van der Waals surface area (Å²) in [7, 11) is 0. The van der Waals surface area contributed by atoms with Gasteiger partial charge in [0.15, 0.2) is 0 Å². The van der Waals surface area contributed by atoms with E-state index in [1.165, 1.54) is 0 Å². The normalized spacial score (nSPS) is 11.9. The summed E-state index contributed by atoms with van der Waals surface area (Å²) in [5.41, 5.74) is 5.36. The Bertz CT molecular complexity index is 265. The molecule has 0 fully saturated rings. The van der Waals surface area contributed by atoms with E-state index in [0.29, 0.717) is 18.8 Å². The van der Waals surface area contributed by atoms with Crippen LogP contribution in [0.1, 0.15) is 19.8 Å². The lowest BCUT2D eigenvalue weighted by Gasteiger charge is -2.08. The standard InChI is InChI=1S/C8H13F2N3/c1-8(9,10)4-2-5-13-6-3-7(11)12-13/h3,6H,2,4-5H2,1H3,(H2,11,12). The van der Waals surface area contributed by atoms with Gasteiger partial charge < -0.3 is 5.73 Å². The molecule has 1 aromatic heterocycles. The van der Waals surface area contributed by atoms with Gasteiger partial charge in [-0.2, -0.15) is 5.10 Å². The molecule has 1 rings (SSSR count). The monoisotopic (exact) mass is 189 g/mol. The minimum atomic E-state index is -2.58. The van der Waals surface area contributed by atoms with Crippen molar-refractivity contribution >= 4 is 5.82 Å². The summed E-state index contributed by atoms with van der Waals surface area (Å²) >= 11 is 0. The molecule has 3 nitrogen and oxygen atoms in total. The van der Waals surface area contributed by atoms with Crippen molar-refractivity contribution in [2.75, 3.05) is 5.73 Å². The van der Waals surface area contributed by atoms with Gasteiger partial charge in [0.2, 0.25) is 5.92 Å². The lowest BCUT2D eigenvalue weighted by atomic mass is 10.2. The lowest BCUT2D eigenvalue weighted by Crippen LogP contribution is -2.11. The molecule has 0 bridgehead atoms. The molecule has 0 aromatic carbocycles. The predicted molar refractivity (Wildman–Crippen MR) is 46.5 cm³/mol. The largest absolute Gasteiger partial charge is 0.382 e. The van der Waals surface area contributed by atoms with Crippen LogP contribution >= 0.6 is 0 Å². The van der Waals surface area contributed by atoms with Crippen LogP contribution in [-0.4, -0.2) is 15.7 Å². The number of nitrogens with zero attached hydrogens (tertiary/aromatic N) is 2. The smallest absolute Gasteiger partial charge is 0.245 e. The zero-order valence-electron chi connectivity index (χ0n) is 7.50. The van der Waals surface area contributed by atoms with Crippen LogP contribution in [0, 0.1) is 0 Å². The van der Waals surface area contributed by atoms with Gasteiger partial charge >= 0.3 is 0 Å². The van der Waals surface area contributed by atoms with E-state index in [9.17, 15) is 8.78 Å². The molecule has 13 heavy (non-hydrogen) atoms. The zero-order valence-corrected chi connectivity index (χ0v) is 7.50. The average molecular weight is 189 g/mol. The van der Waals surface area contributed by atoms with Crippen LogP contribution in [0.3, 0.4) is 0 Å². The maximum atomic E-state index is 12.4. The van der Waals surface area contributed by atoms with Gasteiger partial charge in [0, 0.05) is 19.2 Å². The second-order valence-electron chi connectivity index (χ2n) is 3.18. The Balaban J connectivity index is 2.28. The van der Waals surface area contributed by atoms with E-state index in [-0.39, 0.29) is 6.42 Å². The first-order valence-corrected chi connectivity index (χ1v) is 4.14. The predicted octanol–water partition coefficient (Wildman–Crippen LogP) is 1.90. The molecule has 0 aliphatic rings. The van der Waals surface area contributed by atoms with Crippen molar-refractivity contribution in [3.63, 3.8) is 0 Å². The third-order valence-corrected chi connectivity index (χ3v) is 1.66. The van der Waals surface area contributed by atoms with Crippen molar-refractivity contribution in [1.29, 1.82) is 0 Å².